The summed E-state index contributed by atoms with van der Waals surface area (Å²) in [5, 5.41) is 10.2. The average molecular weight is 274 g/mol. The van der Waals surface area contributed by atoms with E-state index in [1.807, 2.05) is 30.3 Å². The van der Waals surface area contributed by atoms with Gasteiger partial charge in [0.05, 0.1) is 30.0 Å². The van der Waals surface area contributed by atoms with Crippen molar-refractivity contribution in [2.75, 3.05) is 0 Å². The van der Waals surface area contributed by atoms with Crippen molar-refractivity contribution in [2.24, 2.45) is 0 Å². The molecule has 0 aliphatic heterocycles. The Hall–Kier alpha value is -2.27. The van der Waals surface area contributed by atoms with Crippen LogP contribution in [0, 0.1) is 11.6 Å². The third kappa shape index (κ3) is 2.28. The molecule has 0 saturated heterocycles. The zero-order valence-electron chi connectivity index (χ0n) is 10.5. The lowest BCUT2D eigenvalue weighted by molar-refractivity contribution is 0.158. The quantitative estimate of drug-likeness (QED) is 0.797. The molecule has 1 N–H and O–H groups in total. The lowest BCUT2D eigenvalue weighted by atomic mass is 10.1. The van der Waals surface area contributed by atoms with Gasteiger partial charge in [-0.3, -0.25) is 0 Å². The summed E-state index contributed by atoms with van der Waals surface area (Å²) in [5.74, 6) is -1.85. The monoisotopic (exact) mass is 274 g/mol. The van der Waals surface area contributed by atoms with Gasteiger partial charge >= 0.3 is 0 Å². The Kier molecular flexibility index (Phi) is 3.20. The first kappa shape index (κ1) is 12.7. The van der Waals surface area contributed by atoms with Gasteiger partial charge in [-0.2, -0.15) is 0 Å². The van der Waals surface area contributed by atoms with Crippen LogP contribution in [-0.2, 0) is 6.54 Å². The predicted molar refractivity (Wildman–Crippen MR) is 71.1 cm³/mol. The van der Waals surface area contributed by atoms with Gasteiger partial charge in [0.15, 0.2) is 11.6 Å². The van der Waals surface area contributed by atoms with Crippen LogP contribution >= 0.6 is 0 Å². The van der Waals surface area contributed by atoms with E-state index in [4.69, 9.17) is 0 Å². The van der Waals surface area contributed by atoms with E-state index in [9.17, 15) is 13.9 Å². The molecular weight excluding hydrogens is 262 g/mol. The number of benzene rings is 2. The van der Waals surface area contributed by atoms with Gasteiger partial charge < -0.3 is 9.67 Å². The minimum Gasteiger partial charge on any atom is -0.387 e. The van der Waals surface area contributed by atoms with Crippen LogP contribution in [0.3, 0.4) is 0 Å². The maximum atomic E-state index is 13.3. The molecule has 0 fully saturated rings. The SMILES string of the molecule is OC(Cn1cnc2cc(F)c(F)cc21)c1ccccc1. The second-order valence-electron chi connectivity index (χ2n) is 4.58. The number of rotatable bonds is 3. The molecule has 3 nitrogen and oxygen atoms in total. The first-order chi connectivity index (χ1) is 9.65. The zero-order chi connectivity index (χ0) is 14.1. The molecule has 0 saturated carbocycles. The molecule has 2 aromatic carbocycles. The number of aliphatic hydroxyl groups excluding tert-OH is 1. The fourth-order valence-corrected chi connectivity index (χ4v) is 2.17. The topological polar surface area (TPSA) is 38.0 Å². The van der Waals surface area contributed by atoms with Crippen LogP contribution in [0.15, 0.2) is 48.8 Å². The Morgan fingerprint density at radius 3 is 2.55 bits per heavy atom. The van der Waals surface area contributed by atoms with Crippen molar-refractivity contribution in [3.05, 3.63) is 66.0 Å². The van der Waals surface area contributed by atoms with E-state index in [-0.39, 0.29) is 6.54 Å². The summed E-state index contributed by atoms with van der Waals surface area (Å²) in [6.07, 6.45) is 0.733. The molecule has 102 valence electrons. The van der Waals surface area contributed by atoms with Gasteiger partial charge in [-0.25, -0.2) is 13.8 Å². The van der Waals surface area contributed by atoms with Gasteiger partial charge in [0, 0.05) is 12.1 Å². The number of aliphatic hydroxyl groups is 1. The number of halogens is 2. The van der Waals surface area contributed by atoms with Crippen molar-refractivity contribution < 1.29 is 13.9 Å². The Morgan fingerprint density at radius 2 is 1.80 bits per heavy atom. The summed E-state index contributed by atoms with van der Waals surface area (Å²) >= 11 is 0. The molecule has 0 aliphatic carbocycles. The Balaban J connectivity index is 1.93. The molecule has 0 spiro atoms. The molecule has 3 aromatic rings. The van der Waals surface area contributed by atoms with Crippen LogP contribution < -0.4 is 0 Å². The van der Waals surface area contributed by atoms with E-state index in [2.05, 4.69) is 4.98 Å². The standard InChI is InChI=1S/C15H12F2N2O/c16-11-6-13-14(7-12(11)17)19(9-18-13)8-15(20)10-4-2-1-3-5-10/h1-7,9,15,20H,8H2. The fourth-order valence-electron chi connectivity index (χ4n) is 2.17. The van der Waals surface area contributed by atoms with Crippen LogP contribution in [-0.4, -0.2) is 14.7 Å². The van der Waals surface area contributed by atoms with Crippen molar-refractivity contribution in [1.29, 1.82) is 0 Å². The number of aromatic nitrogens is 2. The van der Waals surface area contributed by atoms with E-state index in [1.54, 1.807) is 4.57 Å². The molecule has 0 amide bonds. The Morgan fingerprint density at radius 1 is 1.10 bits per heavy atom. The van der Waals surface area contributed by atoms with Crippen molar-refractivity contribution in [3.8, 4) is 0 Å². The van der Waals surface area contributed by atoms with E-state index in [1.165, 1.54) is 6.33 Å². The number of hydrogen-bond acceptors (Lipinski definition) is 2. The maximum Gasteiger partial charge on any atom is 0.161 e. The summed E-state index contributed by atoms with van der Waals surface area (Å²) in [5.41, 5.74) is 1.58. The first-order valence-electron chi connectivity index (χ1n) is 6.18. The molecular formula is C15H12F2N2O. The fraction of sp³-hybridized carbons (Fsp3) is 0.133. The highest BCUT2D eigenvalue weighted by Crippen LogP contribution is 2.21. The van der Waals surface area contributed by atoms with Crippen LogP contribution in [0.1, 0.15) is 11.7 Å². The van der Waals surface area contributed by atoms with E-state index in [0.29, 0.717) is 11.0 Å². The van der Waals surface area contributed by atoms with Crippen LogP contribution in [0.4, 0.5) is 8.78 Å². The highest BCUT2D eigenvalue weighted by molar-refractivity contribution is 5.75. The lowest BCUT2D eigenvalue weighted by Crippen LogP contribution is -2.07. The minimum atomic E-state index is -0.925. The van der Waals surface area contributed by atoms with Gasteiger partial charge in [0.1, 0.15) is 0 Å². The van der Waals surface area contributed by atoms with Crippen LogP contribution in [0.5, 0.6) is 0 Å². The van der Waals surface area contributed by atoms with Gasteiger partial charge in [-0.1, -0.05) is 30.3 Å². The second kappa shape index (κ2) is 5.02. The summed E-state index contributed by atoms with van der Waals surface area (Å²) in [6.45, 7) is 0.228. The highest BCUT2D eigenvalue weighted by atomic mass is 19.2. The third-order valence-electron chi connectivity index (χ3n) is 3.22. The lowest BCUT2D eigenvalue weighted by Gasteiger charge is -2.12. The number of nitrogens with zero attached hydrogens (tertiary/aromatic N) is 2. The molecule has 1 atom stereocenters. The van der Waals surface area contributed by atoms with Gasteiger partial charge in [-0.15, -0.1) is 0 Å². The normalized spacial score (nSPS) is 12.8. The first-order valence-corrected chi connectivity index (χ1v) is 6.18. The van der Waals surface area contributed by atoms with Crippen molar-refractivity contribution in [3.63, 3.8) is 0 Å². The Bertz CT molecular complexity index is 740. The summed E-state index contributed by atoms with van der Waals surface area (Å²) < 4.78 is 28.0. The number of imidazole rings is 1. The van der Waals surface area contributed by atoms with E-state index in [0.717, 1.165) is 17.7 Å². The average Bonchev–Trinajstić information content (AvgIpc) is 2.83. The van der Waals surface area contributed by atoms with Crippen molar-refractivity contribution in [1.82, 2.24) is 9.55 Å². The van der Waals surface area contributed by atoms with Crippen molar-refractivity contribution >= 4 is 11.0 Å². The molecule has 3 rings (SSSR count). The predicted octanol–water partition coefficient (Wildman–Crippen LogP) is 3.05. The number of hydrogen-bond donors (Lipinski definition) is 1. The molecule has 1 unspecified atom stereocenters. The number of fused-ring (bicyclic) bond motifs is 1. The molecule has 1 aromatic heterocycles. The molecule has 0 bridgehead atoms. The van der Waals surface area contributed by atoms with Crippen LogP contribution in [0.25, 0.3) is 11.0 Å². The van der Waals surface area contributed by atoms with Crippen LogP contribution in [0.2, 0.25) is 0 Å². The van der Waals surface area contributed by atoms with Crippen molar-refractivity contribution in [2.45, 2.75) is 12.6 Å². The van der Waals surface area contributed by atoms with E-state index >= 15 is 0 Å². The maximum absolute atomic E-state index is 13.3. The smallest absolute Gasteiger partial charge is 0.161 e. The molecule has 0 aliphatic rings. The summed E-state index contributed by atoms with van der Waals surface area (Å²) in [7, 11) is 0. The molecule has 1 heterocycles. The third-order valence-corrected chi connectivity index (χ3v) is 3.22. The van der Waals surface area contributed by atoms with Gasteiger partial charge in [0.25, 0.3) is 0 Å². The summed E-state index contributed by atoms with van der Waals surface area (Å²) in [6, 6.07) is 11.3. The highest BCUT2D eigenvalue weighted by Gasteiger charge is 2.13. The molecule has 0 radical (unpaired) electrons. The Labute approximate surface area is 114 Å². The molecule has 20 heavy (non-hydrogen) atoms. The molecule has 5 heteroatoms. The second-order valence-corrected chi connectivity index (χ2v) is 4.58. The van der Waals surface area contributed by atoms with E-state index < -0.39 is 17.7 Å². The zero-order valence-corrected chi connectivity index (χ0v) is 10.5. The largest absolute Gasteiger partial charge is 0.387 e. The van der Waals surface area contributed by atoms with Gasteiger partial charge in [-0.05, 0) is 5.56 Å². The summed E-state index contributed by atoms with van der Waals surface area (Å²) in [4.78, 5) is 4.01. The minimum absolute atomic E-state index is 0.228. The van der Waals surface area contributed by atoms with Gasteiger partial charge in [0.2, 0.25) is 0 Å².